The molecule has 0 aliphatic carbocycles. The Bertz CT molecular complexity index is 476. The highest BCUT2D eigenvalue weighted by atomic mass is 32.2. The van der Waals surface area contributed by atoms with Gasteiger partial charge in [-0.2, -0.15) is 11.8 Å². The Morgan fingerprint density at radius 1 is 1.39 bits per heavy atom. The molecule has 0 unspecified atom stereocenters. The summed E-state index contributed by atoms with van der Waals surface area (Å²) in [4.78, 5) is 11.5. The molecule has 2 rings (SSSR count). The number of nitrogens with one attached hydrogen (secondary N) is 2. The maximum absolute atomic E-state index is 4.33. The van der Waals surface area contributed by atoms with Crippen LogP contribution in [0, 0.1) is 0 Å². The van der Waals surface area contributed by atoms with Crippen molar-refractivity contribution >= 4 is 23.8 Å². The van der Waals surface area contributed by atoms with E-state index in [-0.39, 0.29) is 0 Å². The zero-order valence-electron chi connectivity index (χ0n) is 10.3. The maximum Gasteiger partial charge on any atom is 0.0927 e. The van der Waals surface area contributed by atoms with Gasteiger partial charge in [0.2, 0.25) is 0 Å². The number of H-pyrrole nitrogens is 1. The standard InChI is InChI=1S/C13H16N4S/c1-18-7-6-14-9-16-12-4-2-11(3-5-12)13-8-15-10-17-13/h2-5,8-10H,6-7H2,1H3,(H,14,16)(H,15,17). The summed E-state index contributed by atoms with van der Waals surface area (Å²) in [7, 11) is 0. The second kappa shape index (κ2) is 6.86. The van der Waals surface area contributed by atoms with E-state index in [2.05, 4.69) is 26.5 Å². The lowest BCUT2D eigenvalue weighted by Crippen LogP contribution is -2.14. The monoisotopic (exact) mass is 260 g/mol. The molecule has 0 bridgehead atoms. The Morgan fingerprint density at radius 3 is 2.89 bits per heavy atom. The van der Waals surface area contributed by atoms with E-state index in [0.717, 1.165) is 29.2 Å². The van der Waals surface area contributed by atoms with Crippen molar-refractivity contribution < 1.29 is 0 Å². The Morgan fingerprint density at radius 2 is 2.22 bits per heavy atom. The molecule has 0 radical (unpaired) electrons. The minimum atomic E-state index is 0.936. The average Bonchev–Trinajstić information content (AvgIpc) is 2.93. The van der Waals surface area contributed by atoms with Crippen molar-refractivity contribution in [2.24, 2.45) is 4.99 Å². The van der Waals surface area contributed by atoms with Crippen LogP contribution >= 0.6 is 11.8 Å². The normalized spacial score (nSPS) is 10.9. The molecular weight excluding hydrogens is 244 g/mol. The van der Waals surface area contributed by atoms with Crippen LogP contribution in [0.25, 0.3) is 11.3 Å². The first-order chi connectivity index (χ1) is 8.90. The number of nitrogens with zero attached hydrogens (tertiary/aromatic N) is 2. The topological polar surface area (TPSA) is 53.1 Å². The van der Waals surface area contributed by atoms with E-state index in [1.54, 1.807) is 12.7 Å². The number of aliphatic imine (C=N–C) groups is 1. The van der Waals surface area contributed by atoms with Gasteiger partial charge in [-0.25, -0.2) is 9.98 Å². The molecule has 18 heavy (non-hydrogen) atoms. The smallest absolute Gasteiger partial charge is 0.0927 e. The van der Waals surface area contributed by atoms with Gasteiger partial charge in [0.05, 0.1) is 24.0 Å². The highest BCUT2D eigenvalue weighted by Gasteiger charge is 1.98. The van der Waals surface area contributed by atoms with Gasteiger partial charge in [-0.3, -0.25) is 0 Å². The van der Waals surface area contributed by atoms with Gasteiger partial charge in [0.1, 0.15) is 0 Å². The molecule has 0 saturated heterocycles. The molecule has 2 aromatic rings. The van der Waals surface area contributed by atoms with Gasteiger partial charge in [0.25, 0.3) is 0 Å². The molecule has 1 aromatic heterocycles. The summed E-state index contributed by atoms with van der Waals surface area (Å²) in [5.41, 5.74) is 2.97. The lowest BCUT2D eigenvalue weighted by molar-refractivity contribution is 1.000. The molecule has 1 aromatic carbocycles. The lowest BCUT2D eigenvalue weighted by atomic mass is 10.1. The predicted molar refractivity (Wildman–Crippen MR) is 78.6 cm³/mol. The second-order valence-electron chi connectivity index (χ2n) is 3.71. The maximum atomic E-state index is 4.33. The molecule has 0 aliphatic heterocycles. The van der Waals surface area contributed by atoms with Crippen LogP contribution in [0.3, 0.4) is 0 Å². The summed E-state index contributed by atoms with van der Waals surface area (Å²) >= 11 is 1.81. The van der Waals surface area contributed by atoms with Crippen molar-refractivity contribution in [1.29, 1.82) is 0 Å². The highest BCUT2D eigenvalue weighted by molar-refractivity contribution is 7.98. The first kappa shape index (κ1) is 12.7. The van der Waals surface area contributed by atoms with Crippen LogP contribution in [-0.4, -0.2) is 34.9 Å². The Labute approximate surface area is 111 Å². The first-order valence-electron chi connectivity index (χ1n) is 5.74. The summed E-state index contributed by atoms with van der Waals surface area (Å²) in [5, 5.41) is 3.15. The van der Waals surface area contributed by atoms with Crippen LogP contribution in [0.2, 0.25) is 0 Å². The van der Waals surface area contributed by atoms with Crippen LogP contribution in [0.5, 0.6) is 0 Å². The van der Waals surface area contributed by atoms with Gasteiger partial charge in [-0.05, 0) is 18.4 Å². The van der Waals surface area contributed by atoms with Crippen molar-refractivity contribution in [3.05, 3.63) is 36.8 Å². The Balaban J connectivity index is 1.92. The number of hydrogen-bond acceptors (Lipinski definition) is 3. The molecule has 0 amide bonds. The fraction of sp³-hybridized carbons (Fsp3) is 0.231. The molecule has 0 atom stereocenters. The van der Waals surface area contributed by atoms with E-state index in [1.807, 2.05) is 42.2 Å². The predicted octanol–water partition coefficient (Wildman–Crippen LogP) is 2.69. The summed E-state index contributed by atoms with van der Waals surface area (Å²) in [6, 6.07) is 8.00. The zero-order chi connectivity index (χ0) is 12.6. The summed E-state index contributed by atoms with van der Waals surface area (Å²) in [5.74, 6) is 1.09. The van der Waals surface area contributed by atoms with Gasteiger partial charge in [-0.15, -0.1) is 0 Å². The molecule has 0 fully saturated rings. The molecule has 4 nitrogen and oxygen atoms in total. The average molecular weight is 260 g/mol. The third-order valence-electron chi connectivity index (χ3n) is 2.42. The highest BCUT2D eigenvalue weighted by Crippen LogP contribution is 2.19. The first-order valence-corrected chi connectivity index (χ1v) is 7.13. The minimum Gasteiger partial charge on any atom is -0.375 e. The molecule has 94 valence electrons. The second-order valence-corrected chi connectivity index (χ2v) is 4.69. The molecule has 0 aliphatic rings. The van der Waals surface area contributed by atoms with Crippen molar-refractivity contribution in [3.8, 4) is 11.3 Å². The number of aromatic nitrogens is 2. The summed E-state index contributed by atoms with van der Waals surface area (Å²) < 4.78 is 0. The number of aromatic amines is 1. The SMILES string of the molecule is CSCCNC=Nc1ccc(-c2c[nH]cn2)cc1. The Hall–Kier alpha value is -1.75. The van der Waals surface area contributed by atoms with E-state index in [0.29, 0.717) is 0 Å². The van der Waals surface area contributed by atoms with E-state index in [4.69, 9.17) is 0 Å². The van der Waals surface area contributed by atoms with Gasteiger partial charge in [-0.1, -0.05) is 12.1 Å². The minimum absolute atomic E-state index is 0.936. The molecular formula is C13H16N4S. The summed E-state index contributed by atoms with van der Waals surface area (Å²) in [6.07, 6.45) is 7.39. The number of benzene rings is 1. The fourth-order valence-corrected chi connectivity index (χ4v) is 1.80. The number of imidazole rings is 1. The van der Waals surface area contributed by atoms with Gasteiger partial charge in [0.15, 0.2) is 0 Å². The molecule has 0 spiro atoms. The zero-order valence-corrected chi connectivity index (χ0v) is 11.1. The van der Waals surface area contributed by atoms with Crippen molar-refractivity contribution in [2.45, 2.75) is 0 Å². The Kier molecular flexibility index (Phi) is 4.84. The fourth-order valence-electron chi connectivity index (χ4n) is 1.48. The van der Waals surface area contributed by atoms with E-state index in [1.165, 1.54) is 0 Å². The van der Waals surface area contributed by atoms with Crippen molar-refractivity contribution in [3.63, 3.8) is 0 Å². The molecule has 5 heteroatoms. The number of thioether (sulfide) groups is 1. The molecule has 1 heterocycles. The van der Waals surface area contributed by atoms with Crippen LogP contribution in [0.15, 0.2) is 41.8 Å². The molecule has 0 saturated carbocycles. The summed E-state index contributed by atoms with van der Waals surface area (Å²) in [6.45, 7) is 0.940. The van der Waals surface area contributed by atoms with E-state index in [9.17, 15) is 0 Å². The third-order valence-corrected chi connectivity index (χ3v) is 3.03. The van der Waals surface area contributed by atoms with Crippen LogP contribution in [0.4, 0.5) is 5.69 Å². The van der Waals surface area contributed by atoms with Crippen LogP contribution in [-0.2, 0) is 0 Å². The number of hydrogen-bond donors (Lipinski definition) is 2. The van der Waals surface area contributed by atoms with E-state index >= 15 is 0 Å². The van der Waals surface area contributed by atoms with Crippen LogP contribution < -0.4 is 5.32 Å². The molecule has 2 N–H and O–H groups in total. The van der Waals surface area contributed by atoms with Crippen LogP contribution in [0.1, 0.15) is 0 Å². The van der Waals surface area contributed by atoms with Gasteiger partial charge < -0.3 is 10.3 Å². The van der Waals surface area contributed by atoms with Gasteiger partial charge in [0, 0.05) is 24.1 Å². The lowest BCUT2D eigenvalue weighted by Gasteiger charge is -1.99. The van der Waals surface area contributed by atoms with E-state index < -0.39 is 0 Å². The quantitative estimate of drug-likeness (QED) is 0.477. The van der Waals surface area contributed by atoms with Crippen molar-refractivity contribution in [2.75, 3.05) is 18.6 Å². The van der Waals surface area contributed by atoms with Crippen molar-refractivity contribution in [1.82, 2.24) is 15.3 Å². The largest absolute Gasteiger partial charge is 0.375 e. The van der Waals surface area contributed by atoms with Gasteiger partial charge >= 0.3 is 0 Å². The third kappa shape index (κ3) is 3.63. The number of rotatable bonds is 6.